The van der Waals surface area contributed by atoms with Crippen molar-refractivity contribution in [3.8, 4) is 0 Å². The average Bonchev–Trinajstić information content (AvgIpc) is 3.16. The van der Waals surface area contributed by atoms with Crippen LogP contribution in [0.3, 0.4) is 0 Å². The number of hydrogen-bond acceptors (Lipinski definition) is 4. The molecule has 0 spiro atoms. The number of amides is 1. The van der Waals surface area contributed by atoms with Crippen molar-refractivity contribution in [1.29, 1.82) is 0 Å². The van der Waals surface area contributed by atoms with Crippen LogP contribution in [0.1, 0.15) is 59.9 Å². The Balaban J connectivity index is 1.57. The maximum absolute atomic E-state index is 12.8. The number of aliphatic hydroxyl groups is 1. The highest BCUT2D eigenvalue weighted by molar-refractivity contribution is 9.10. The Hall–Kier alpha value is -1.70. The number of benzene rings is 1. The zero-order valence-corrected chi connectivity index (χ0v) is 17.8. The van der Waals surface area contributed by atoms with E-state index in [1.807, 2.05) is 35.9 Å². The molecule has 28 heavy (non-hydrogen) atoms. The van der Waals surface area contributed by atoms with Crippen molar-refractivity contribution >= 4 is 27.5 Å². The quantitative estimate of drug-likeness (QED) is 0.746. The number of aliphatic hydroxyl groups excluding tert-OH is 1. The van der Waals surface area contributed by atoms with E-state index in [0.29, 0.717) is 5.69 Å². The van der Waals surface area contributed by atoms with Crippen molar-refractivity contribution < 1.29 is 9.90 Å². The summed E-state index contributed by atoms with van der Waals surface area (Å²) in [6.45, 7) is 4.01. The molecular weight excluding hydrogens is 420 g/mol. The maximum atomic E-state index is 12.8. The molecule has 1 amide bonds. The number of piperidine rings is 1. The minimum atomic E-state index is -0.181. The first-order chi connectivity index (χ1) is 13.6. The van der Waals surface area contributed by atoms with Crippen molar-refractivity contribution in [1.82, 2.24) is 14.7 Å². The van der Waals surface area contributed by atoms with Gasteiger partial charge in [-0.1, -0.05) is 28.4 Å². The van der Waals surface area contributed by atoms with Crippen LogP contribution in [0.4, 0.5) is 5.69 Å². The van der Waals surface area contributed by atoms with Gasteiger partial charge in [-0.2, -0.15) is 5.10 Å². The fraction of sp³-hybridized carbons (Fsp3) is 0.524. The number of rotatable bonds is 4. The molecule has 0 unspecified atom stereocenters. The number of aryl methyl sites for hydroxylation is 1. The van der Waals surface area contributed by atoms with Crippen LogP contribution in [-0.2, 0) is 6.54 Å². The molecule has 150 valence electrons. The number of anilines is 1. The second-order valence-corrected chi connectivity index (χ2v) is 8.63. The number of fused-ring (bicyclic) bond motifs is 1. The number of nitrogens with zero attached hydrogens (tertiary/aromatic N) is 3. The van der Waals surface area contributed by atoms with E-state index < -0.39 is 0 Å². The zero-order valence-electron chi connectivity index (χ0n) is 16.2. The fourth-order valence-corrected chi connectivity index (χ4v) is 4.83. The minimum Gasteiger partial charge on any atom is -0.395 e. The molecule has 1 fully saturated rings. The zero-order chi connectivity index (χ0) is 19.7. The highest BCUT2D eigenvalue weighted by atomic mass is 79.9. The van der Waals surface area contributed by atoms with E-state index in [4.69, 9.17) is 0 Å². The third kappa shape index (κ3) is 3.75. The Morgan fingerprint density at radius 2 is 2.14 bits per heavy atom. The lowest BCUT2D eigenvalue weighted by Gasteiger charge is -2.42. The molecule has 2 aliphatic heterocycles. The molecule has 2 aliphatic rings. The van der Waals surface area contributed by atoms with Crippen molar-refractivity contribution in [2.45, 2.75) is 57.7 Å². The molecule has 2 atom stereocenters. The van der Waals surface area contributed by atoms with Crippen LogP contribution in [0.5, 0.6) is 0 Å². The topological polar surface area (TPSA) is 70.4 Å². The van der Waals surface area contributed by atoms with Gasteiger partial charge in [0, 0.05) is 22.7 Å². The van der Waals surface area contributed by atoms with Crippen LogP contribution < -0.4 is 5.32 Å². The maximum Gasteiger partial charge on any atom is 0.276 e. The number of carbonyl (C=O) groups excluding carboxylic acids is 1. The Bertz CT molecular complexity index is 866. The van der Waals surface area contributed by atoms with E-state index in [1.54, 1.807) is 0 Å². The van der Waals surface area contributed by atoms with Crippen LogP contribution >= 0.6 is 15.9 Å². The van der Waals surface area contributed by atoms with Gasteiger partial charge >= 0.3 is 0 Å². The Kier molecular flexibility index (Phi) is 5.85. The normalized spacial score (nSPS) is 22.7. The molecule has 1 aromatic heterocycles. The van der Waals surface area contributed by atoms with Gasteiger partial charge in [0.2, 0.25) is 0 Å². The Labute approximate surface area is 174 Å². The highest BCUT2D eigenvalue weighted by Crippen LogP contribution is 2.35. The van der Waals surface area contributed by atoms with E-state index >= 15 is 0 Å². The number of hydrogen-bond donors (Lipinski definition) is 2. The van der Waals surface area contributed by atoms with Crippen molar-refractivity contribution in [2.24, 2.45) is 0 Å². The summed E-state index contributed by atoms with van der Waals surface area (Å²) in [7, 11) is 0. The summed E-state index contributed by atoms with van der Waals surface area (Å²) in [6.07, 6.45) is 5.47. The van der Waals surface area contributed by atoms with Crippen LogP contribution in [0.15, 0.2) is 28.7 Å². The van der Waals surface area contributed by atoms with Gasteiger partial charge in [0.05, 0.1) is 18.3 Å². The lowest BCUT2D eigenvalue weighted by Crippen LogP contribution is -2.45. The first kappa shape index (κ1) is 19.6. The summed E-state index contributed by atoms with van der Waals surface area (Å²) in [4.78, 5) is 15.3. The summed E-state index contributed by atoms with van der Waals surface area (Å²) in [5.74, 6) is -0.181. The van der Waals surface area contributed by atoms with Crippen molar-refractivity contribution in [3.05, 3.63) is 45.7 Å². The molecular formula is C21H27BrN4O2. The fourth-order valence-electron chi connectivity index (χ4n) is 4.47. The van der Waals surface area contributed by atoms with E-state index in [1.165, 1.54) is 6.42 Å². The summed E-state index contributed by atoms with van der Waals surface area (Å²) in [6, 6.07) is 8.15. The highest BCUT2D eigenvalue weighted by Gasteiger charge is 2.34. The van der Waals surface area contributed by atoms with Gasteiger partial charge in [-0.3, -0.25) is 14.4 Å². The average molecular weight is 447 g/mol. The molecule has 0 bridgehead atoms. The third-order valence-electron chi connectivity index (χ3n) is 6.03. The lowest BCUT2D eigenvalue weighted by molar-refractivity contribution is 0.0393. The molecule has 1 saturated heterocycles. The molecule has 1 aromatic carbocycles. The molecule has 3 heterocycles. The monoisotopic (exact) mass is 446 g/mol. The predicted molar refractivity (Wildman–Crippen MR) is 112 cm³/mol. The summed E-state index contributed by atoms with van der Waals surface area (Å²) < 4.78 is 2.95. The van der Waals surface area contributed by atoms with E-state index in [2.05, 4.69) is 31.2 Å². The van der Waals surface area contributed by atoms with Gasteiger partial charge in [0.15, 0.2) is 5.69 Å². The molecule has 0 aliphatic carbocycles. The number of likely N-dealkylation sites (tertiary alicyclic amines) is 1. The summed E-state index contributed by atoms with van der Waals surface area (Å²) >= 11 is 3.51. The molecule has 0 saturated carbocycles. The van der Waals surface area contributed by atoms with E-state index in [9.17, 15) is 9.90 Å². The molecule has 2 N–H and O–H groups in total. The van der Waals surface area contributed by atoms with Crippen LogP contribution in [0.2, 0.25) is 0 Å². The molecule has 4 rings (SSSR count). The van der Waals surface area contributed by atoms with Gasteiger partial charge in [0.1, 0.15) is 0 Å². The Morgan fingerprint density at radius 1 is 1.29 bits per heavy atom. The van der Waals surface area contributed by atoms with Crippen LogP contribution in [0.25, 0.3) is 0 Å². The molecule has 6 nitrogen and oxygen atoms in total. The number of carbonyl (C=O) groups is 1. The van der Waals surface area contributed by atoms with Crippen LogP contribution in [-0.4, -0.2) is 44.9 Å². The second-order valence-electron chi connectivity index (χ2n) is 7.77. The van der Waals surface area contributed by atoms with Gasteiger partial charge < -0.3 is 10.4 Å². The predicted octanol–water partition coefficient (Wildman–Crippen LogP) is 3.89. The largest absolute Gasteiger partial charge is 0.395 e. The second kappa shape index (κ2) is 8.35. The van der Waals surface area contributed by atoms with Gasteiger partial charge in [0.25, 0.3) is 5.91 Å². The van der Waals surface area contributed by atoms with Gasteiger partial charge in [-0.15, -0.1) is 0 Å². The molecule has 2 aromatic rings. The first-order valence-electron chi connectivity index (χ1n) is 10.1. The van der Waals surface area contributed by atoms with E-state index in [0.717, 1.165) is 60.2 Å². The number of nitrogens with one attached hydrogen (secondary N) is 1. The van der Waals surface area contributed by atoms with Gasteiger partial charge in [-0.25, -0.2) is 0 Å². The minimum absolute atomic E-state index is 0.181. The van der Waals surface area contributed by atoms with Crippen LogP contribution in [0, 0.1) is 6.92 Å². The molecule has 7 heteroatoms. The number of halogens is 1. The summed E-state index contributed by atoms with van der Waals surface area (Å²) in [5, 5.41) is 17.4. The van der Waals surface area contributed by atoms with E-state index in [-0.39, 0.29) is 24.6 Å². The first-order valence-corrected chi connectivity index (χ1v) is 10.9. The van der Waals surface area contributed by atoms with Gasteiger partial charge in [-0.05, 0) is 62.9 Å². The van der Waals surface area contributed by atoms with Crippen molar-refractivity contribution in [3.63, 3.8) is 0 Å². The molecule has 0 radical (unpaired) electrons. The summed E-state index contributed by atoms with van der Waals surface area (Å²) in [5.41, 5.74) is 3.34. The third-order valence-corrected chi connectivity index (χ3v) is 6.89. The van der Waals surface area contributed by atoms with Crippen molar-refractivity contribution in [2.75, 3.05) is 18.5 Å². The number of aromatic nitrogens is 2. The SMILES string of the molecule is Cc1c(Br)cccc1NC(=O)c1cc2n(n1)CCC[C@H]2N1CCCC[C@@H]1CO. The smallest absolute Gasteiger partial charge is 0.276 e. The lowest BCUT2D eigenvalue weighted by atomic mass is 9.95. The standard InChI is InChI=1S/C21H27BrN4O2/c1-14-16(22)7-4-8-17(14)23-21(28)18-12-20-19(9-5-11-26(20)24-18)25-10-3-2-6-15(25)13-27/h4,7-8,12,15,19,27H,2-3,5-6,9-11,13H2,1H3,(H,23,28)/t15-,19-/m1/s1. The Morgan fingerprint density at radius 3 is 2.96 bits per heavy atom.